The Labute approximate surface area is 199 Å². The molecule has 9 heteroatoms. The zero-order valence-electron chi connectivity index (χ0n) is 19.5. The number of nitriles is 1. The normalized spacial score (nSPS) is 20.5. The minimum atomic E-state index is -1.42. The smallest absolute Gasteiger partial charge is 0.335 e. The van der Waals surface area contributed by atoms with Gasteiger partial charge in [-0.1, -0.05) is 13.8 Å². The SMILES string of the molecule is CC(C)(CC#N)c1c([C@H]2CO[C@](C)(C(=O)O)C2)c2c(F)c3[nH]ncc3cc2n1-c1ccc(F)cc1. The fourth-order valence-electron chi connectivity index (χ4n) is 5.24. The van der Waals surface area contributed by atoms with Gasteiger partial charge in [0.2, 0.25) is 0 Å². The van der Waals surface area contributed by atoms with Crippen LogP contribution in [0.5, 0.6) is 0 Å². The molecule has 2 N–H and O–H groups in total. The summed E-state index contributed by atoms with van der Waals surface area (Å²) in [5, 5.41) is 26.9. The number of ether oxygens (including phenoxy) is 1. The van der Waals surface area contributed by atoms with E-state index in [0.717, 1.165) is 0 Å². The molecule has 180 valence electrons. The lowest BCUT2D eigenvalue weighted by Crippen LogP contribution is -2.34. The molecule has 5 rings (SSSR count). The predicted octanol–water partition coefficient (Wildman–Crippen LogP) is 5.32. The largest absolute Gasteiger partial charge is 0.479 e. The van der Waals surface area contributed by atoms with Crippen molar-refractivity contribution >= 4 is 27.8 Å². The molecule has 7 nitrogen and oxygen atoms in total. The van der Waals surface area contributed by atoms with E-state index in [0.29, 0.717) is 33.2 Å². The number of carboxylic acid groups (broad SMARTS) is 1. The highest BCUT2D eigenvalue weighted by Gasteiger charge is 2.46. The average molecular weight is 478 g/mol. The number of fused-ring (bicyclic) bond motifs is 2. The van der Waals surface area contributed by atoms with Crippen LogP contribution in [0.2, 0.25) is 0 Å². The maximum absolute atomic E-state index is 16.1. The summed E-state index contributed by atoms with van der Waals surface area (Å²) in [5.41, 5.74) is 0.471. The van der Waals surface area contributed by atoms with Crippen LogP contribution in [0.25, 0.3) is 27.5 Å². The molecule has 0 saturated carbocycles. The molecule has 0 spiro atoms. The lowest BCUT2D eigenvalue weighted by atomic mass is 9.79. The second-order valence-corrected chi connectivity index (χ2v) is 9.96. The maximum atomic E-state index is 16.1. The summed E-state index contributed by atoms with van der Waals surface area (Å²) >= 11 is 0. The Morgan fingerprint density at radius 2 is 2.09 bits per heavy atom. The first-order chi connectivity index (χ1) is 16.6. The first kappa shape index (κ1) is 23.0. The lowest BCUT2D eigenvalue weighted by molar-refractivity contribution is -0.157. The predicted molar refractivity (Wildman–Crippen MR) is 125 cm³/mol. The molecule has 2 atom stereocenters. The molecule has 0 bridgehead atoms. The van der Waals surface area contributed by atoms with Gasteiger partial charge in [-0.05, 0) is 49.2 Å². The zero-order valence-corrected chi connectivity index (χ0v) is 19.5. The van der Waals surface area contributed by atoms with Gasteiger partial charge in [0.1, 0.15) is 11.3 Å². The number of halogens is 2. The van der Waals surface area contributed by atoms with Gasteiger partial charge in [-0.3, -0.25) is 5.10 Å². The van der Waals surface area contributed by atoms with E-state index in [9.17, 15) is 19.6 Å². The van der Waals surface area contributed by atoms with Crippen molar-refractivity contribution in [1.82, 2.24) is 14.8 Å². The molecule has 3 heterocycles. The van der Waals surface area contributed by atoms with Crippen molar-refractivity contribution in [3.63, 3.8) is 0 Å². The van der Waals surface area contributed by atoms with Crippen LogP contribution in [0.3, 0.4) is 0 Å². The summed E-state index contributed by atoms with van der Waals surface area (Å²) in [7, 11) is 0. The topological polar surface area (TPSA) is 104 Å². The van der Waals surface area contributed by atoms with Gasteiger partial charge in [0.15, 0.2) is 11.4 Å². The van der Waals surface area contributed by atoms with Crippen molar-refractivity contribution < 1.29 is 23.4 Å². The first-order valence-electron chi connectivity index (χ1n) is 11.3. The molecule has 0 aliphatic carbocycles. The number of aliphatic carboxylic acids is 1. The maximum Gasteiger partial charge on any atom is 0.335 e. The fraction of sp³-hybridized carbons (Fsp3) is 0.346. The van der Waals surface area contributed by atoms with E-state index < -0.39 is 34.5 Å². The number of rotatable bonds is 5. The van der Waals surface area contributed by atoms with E-state index in [1.807, 2.05) is 24.5 Å². The molecule has 1 fully saturated rings. The third kappa shape index (κ3) is 3.48. The summed E-state index contributed by atoms with van der Waals surface area (Å²) in [6.45, 7) is 5.39. The summed E-state index contributed by atoms with van der Waals surface area (Å²) < 4.78 is 37.5. The molecular weight excluding hydrogens is 454 g/mol. The van der Waals surface area contributed by atoms with Gasteiger partial charge in [-0.15, -0.1) is 0 Å². The molecule has 4 aromatic rings. The number of carboxylic acids is 1. The number of aromatic nitrogens is 3. The Kier molecular flexibility index (Phi) is 5.18. The van der Waals surface area contributed by atoms with E-state index in [2.05, 4.69) is 16.3 Å². The Balaban J connectivity index is 1.92. The first-order valence-corrected chi connectivity index (χ1v) is 11.3. The van der Waals surface area contributed by atoms with Crippen molar-refractivity contribution in [3.05, 3.63) is 59.4 Å². The highest BCUT2D eigenvalue weighted by atomic mass is 19.1. The summed E-state index contributed by atoms with van der Waals surface area (Å²) in [5.74, 6) is -2.45. The highest BCUT2D eigenvalue weighted by molar-refractivity contribution is 6.00. The van der Waals surface area contributed by atoms with Crippen molar-refractivity contribution in [3.8, 4) is 11.8 Å². The van der Waals surface area contributed by atoms with Gasteiger partial charge in [-0.2, -0.15) is 10.4 Å². The minimum Gasteiger partial charge on any atom is -0.479 e. The van der Waals surface area contributed by atoms with Gasteiger partial charge >= 0.3 is 5.97 Å². The number of hydrogen-bond donors (Lipinski definition) is 2. The number of aromatic amines is 1. The quantitative estimate of drug-likeness (QED) is 0.404. The monoisotopic (exact) mass is 478 g/mol. The van der Waals surface area contributed by atoms with Crippen LogP contribution in [0, 0.1) is 23.0 Å². The number of hydrogen-bond acceptors (Lipinski definition) is 4. The molecule has 0 radical (unpaired) electrons. The van der Waals surface area contributed by atoms with Crippen molar-refractivity contribution in [2.75, 3.05) is 6.61 Å². The fourth-order valence-corrected chi connectivity index (χ4v) is 5.24. The number of nitrogens with one attached hydrogen (secondary N) is 1. The standard InChI is InChI=1S/C26H24F2N4O3/c1-25(2,8-9-29)23-19(15-11-26(3,24(33)34)35-13-15)20-18(10-14-12-30-31-22(14)21(20)28)32(23)17-6-4-16(27)5-7-17/h4-7,10,12,15H,8,11,13H2,1-3H3,(H,30,31)(H,33,34)/t15-,26+/m1/s1. The summed E-state index contributed by atoms with van der Waals surface area (Å²) in [6.07, 6.45) is 1.79. The van der Waals surface area contributed by atoms with Crippen LogP contribution in [-0.2, 0) is 14.9 Å². The third-order valence-electron chi connectivity index (χ3n) is 6.99. The van der Waals surface area contributed by atoms with Gasteiger partial charge in [0.05, 0.1) is 24.4 Å². The summed E-state index contributed by atoms with van der Waals surface area (Å²) in [4.78, 5) is 11.9. The number of benzene rings is 2. The van der Waals surface area contributed by atoms with Crippen molar-refractivity contribution in [2.45, 2.75) is 50.5 Å². The molecule has 35 heavy (non-hydrogen) atoms. The Morgan fingerprint density at radius 1 is 1.37 bits per heavy atom. The van der Waals surface area contributed by atoms with Crippen LogP contribution >= 0.6 is 0 Å². The Morgan fingerprint density at radius 3 is 2.71 bits per heavy atom. The zero-order chi connectivity index (χ0) is 25.1. The molecule has 2 aromatic heterocycles. The molecule has 1 aliphatic heterocycles. The molecule has 0 amide bonds. The Bertz CT molecular complexity index is 1510. The van der Waals surface area contributed by atoms with Crippen LogP contribution < -0.4 is 0 Å². The lowest BCUT2D eigenvalue weighted by Gasteiger charge is -2.28. The van der Waals surface area contributed by atoms with Crippen LogP contribution in [0.15, 0.2) is 36.5 Å². The molecule has 1 saturated heterocycles. The molecule has 1 aliphatic rings. The van der Waals surface area contributed by atoms with Crippen LogP contribution in [-0.4, -0.2) is 38.0 Å². The molecular formula is C26H24F2N4O3. The van der Waals surface area contributed by atoms with Gasteiger partial charge < -0.3 is 14.4 Å². The highest BCUT2D eigenvalue weighted by Crippen LogP contribution is 2.48. The van der Waals surface area contributed by atoms with E-state index >= 15 is 4.39 Å². The van der Waals surface area contributed by atoms with Crippen LogP contribution in [0.4, 0.5) is 8.78 Å². The van der Waals surface area contributed by atoms with E-state index in [1.165, 1.54) is 25.3 Å². The van der Waals surface area contributed by atoms with Gasteiger partial charge in [0.25, 0.3) is 0 Å². The number of H-pyrrole nitrogens is 1. The second-order valence-electron chi connectivity index (χ2n) is 9.96. The second kappa shape index (κ2) is 7.89. The average Bonchev–Trinajstić information content (AvgIpc) is 3.51. The van der Waals surface area contributed by atoms with Gasteiger partial charge in [-0.25, -0.2) is 13.6 Å². The minimum absolute atomic E-state index is 0.0847. The van der Waals surface area contributed by atoms with Crippen LogP contribution in [0.1, 0.15) is 50.8 Å². The van der Waals surface area contributed by atoms with Crippen molar-refractivity contribution in [1.29, 1.82) is 5.26 Å². The Hall–Kier alpha value is -3.77. The third-order valence-corrected chi connectivity index (χ3v) is 6.99. The van der Waals surface area contributed by atoms with Crippen molar-refractivity contribution in [2.24, 2.45) is 0 Å². The van der Waals surface area contributed by atoms with E-state index in [1.54, 1.807) is 12.1 Å². The summed E-state index contributed by atoms with van der Waals surface area (Å²) in [6, 6.07) is 9.90. The van der Waals surface area contributed by atoms with E-state index in [4.69, 9.17) is 4.74 Å². The number of carbonyl (C=O) groups is 1. The van der Waals surface area contributed by atoms with Gasteiger partial charge in [0, 0.05) is 39.9 Å². The molecule has 2 aromatic carbocycles. The number of nitrogens with zero attached hydrogens (tertiary/aromatic N) is 3. The molecule has 0 unspecified atom stereocenters. The van der Waals surface area contributed by atoms with E-state index in [-0.39, 0.29) is 25.0 Å².